The molecule has 0 saturated carbocycles. The van der Waals surface area contributed by atoms with E-state index in [0.717, 1.165) is 19.5 Å². The van der Waals surface area contributed by atoms with Crippen LogP contribution in [0.1, 0.15) is 57.0 Å². The van der Waals surface area contributed by atoms with Crippen LogP contribution in [0.4, 0.5) is 5.13 Å². The van der Waals surface area contributed by atoms with Crippen molar-refractivity contribution in [3.8, 4) is 0 Å². The summed E-state index contributed by atoms with van der Waals surface area (Å²) in [6.07, 6.45) is 5.93. The number of hydrogen-bond donors (Lipinski definition) is 1. The summed E-state index contributed by atoms with van der Waals surface area (Å²) in [7, 11) is 0. The van der Waals surface area contributed by atoms with Crippen molar-refractivity contribution in [1.29, 1.82) is 0 Å². The lowest BCUT2D eigenvalue weighted by molar-refractivity contribution is 0.675. The molecule has 0 aromatic carbocycles. The van der Waals surface area contributed by atoms with Gasteiger partial charge in [-0.25, -0.2) is 4.98 Å². The topological polar surface area (TPSA) is 42.2 Å². The van der Waals surface area contributed by atoms with Crippen LogP contribution in [0.2, 0.25) is 0 Å². The van der Waals surface area contributed by atoms with Crippen molar-refractivity contribution < 1.29 is 0 Å². The summed E-state index contributed by atoms with van der Waals surface area (Å²) in [5, 5.41) is 1.18. The van der Waals surface area contributed by atoms with E-state index in [4.69, 9.17) is 10.7 Å². The van der Waals surface area contributed by atoms with Gasteiger partial charge in [0.1, 0.15) is 0 Å². The second-order valence-corrected chi connectivity index (χ2v) is 5.68. The van der Waals surface area contributed by atoms with Crippen molar-refractivity contribution >= 4 is 16.5 Å². The van der Waals surface area contributed by atoms with Crippen LogP contribution in [0, 0.1) is 0 Å². The van der Waals surface area contributed by atoms with E-state index >= 15 is 0 Å². The highest BCUT2D eigenvalue weighted by Gasteiger charge is 2.14. The van der Waals surface area contributed by atoms with Crippen LogP contribution in [0.15, 0.2) is 0 Å². The molecule has 0 radical (unpaired) electrons. The van der Waals surface area contributed by atoms with Gasteiger partial charge in [0, 0.05) is 24.5 Å². The highest BCUT2D eigenvalue weighted by atomic mass is 32.1. The summed E-state index contributed by atoms with van der Waals surface area (Å²) < 4.78 is 0. The third kappa shape index (κ3) is 4.25. The number of aromatic nitrogens is 1. The van der Waals surface area contributed by atoms with Crippen LogP contribution in [0.5, 0.6) is 0 Å². The minimum absolute atomic E-state index is 0.621. The van der Waals surface area contributed by atoms with Gasteiger partial charge in [-0.1, -0.05) is 33.6 Å². The molecule has 0 spiro atoms. The fourth-order valence-electron chi connectivity index (χ4n) is 1.94. The number of aryl methyl sites for hydroxylation is 1. The number of unbranched alkanes of at least 4 members (excludes halogenated alkanes) is 2. The third-order valence-electron chi connectivity index (χ3n) is 3.12. The number of rotatable bonds is 9. The molecule has 0 atom stereocenters. The molecule has 3 nitrogen and oxygen atoms in total. The Morgan fingerprint density at radius 2 is 1.72 bits per heavy atom. The zero-order valence-electron chi connectivity index (χ0n) is 12.0. The molecule has 0 aliphatic rings. The maximum absolute atomic E-state index is 5.79. The van der Waals surface area contributed by atoms with Crippen LogP contribution in [0.25, 0.3) is 0 Å². The molecule has 0 amide bonds. The summed E-state index contributed by atoms with van der Waals surface area (Å²) in [4.78, 5) is 8.47. The van der Waals surface area contributed by atoms with E-state index in [1.54, 1.807) is 11.3 Å². The molecule has 0 unspecified atom stereocenters. The van der Waals surface area contributed by atoms with Gasteiger partial charge in [0.15, 0.2) is 5.13 Å². The van der Waals surface area contributed by atoms with Gasteiger partial charge in [-0.3, -0.25) is 0 Å². The largest absolute Gasteiger partial charge is 0.348 e. The molecule has 4 heteroatoms. The van der Waals surface area contributed by atoms with Gasteiger partial charge in [-0.15, -0.1) is 11.3 Å². The molecule has 0 saturated heterocycles. The average Bonchev–Trinajstić information content (AvgIpc) is 2.82. The summed E-state index contributed by atoms with van der Waals surface area (Å²) in [5.41, 5.74) is 6.98. The first kappa shape index (κ1) is 15.4. The molecule has 18 heavy (non-hydrogen) atoms. The van der Waals surface area contributed by atoms with E-state index in [1.165, 1.54) is 41.4 Å². The average molecular weight is 269 g/mol. The Labute approximate surface area is 115 Å². The third-order valence-corrected chi connectivity index (χ3v) is 4.30. The van der Waals surface area contributed by atoms with Crippen LogP contribution < -0.4 is 10.6 Å². The molecule has 1 heterocycles. The van der Waals surface area contributed by atoms with Gasteiger partial charge in [-0.2, -0.15) is 0 Å². The Kier molecular flexibility index (Phi) is 7.28. The standard InChI is InChI=1S/C14H27N3S/c1-4-7-9-17(10-8-5-2)14-16-12(6-3)13(11-15)18-14/h4-11,15H2,1-3H3. The number of anilines is 1. The number of thiazole rings is 1. The summed E-state index contributed by atoms with van der Waals surface area (Å²) in [6.45, 7) is 9.50. The van der Waals surface area contributed by atoms with Crippen molar-refractivity contribution in [3.05, 3.63) is 10.6 Å². The van der Waals surface area contributed by atoms with E-state index < -0.39 is 0 Å². The summed E-state index contributed by atoms with van der Waals surface area (Å²) in [6, 6.07) is 0. The van der Waals surface area contributed by atoms with E-state index in [0.29, 0.717) is 6.54 Å². The van der Waals surface area contributed by atoms with Gasteiger partial charge in [0.05, 0.1) is 5.69 Å². The number of hydrogen-bond acceptors (Lipinski definition) is 4. The van der Waals surface area contributed by atoms with Crippen LogP contribution >= 0.6 is 11.3 Å². The van der Waals surface area contributed by atoms with Crippen molar-refractivity contribution in [1.82, 2.24) is 4.98 Å². The fraction of sp³-hybridized carbons (Fsp3) is 0.786. The van der Waals surface area contributed by atoms with Crippen molar-refractivity contribution in [2.45, 2.75) is 59.4 Å². The molecule has 0 bridgehead atoms. The predicted molar refractivity (Wildman–Crippen MR) is 81.4 cm³/mol. The maximum Gasteiger partial charge on any atom is 0.185 e. The normalized spacial score (nSPS) is 10.9. The Hall–Kier alpha value is -0.610. The Morgan fingerprint density at radius 1 is 1.11 bits per heavy atom. The quantitative estimate of drug-likeness (QED) is 0.745. The number of nitrogens with zero attached hydrogens (tertiary/aromatic N) is 2. The monoisotopic (exact) mass is 269 g/mol. The Morgan fingerprint density at radius 3 is 2.11 bits per heavy atom. The van der Waals surface area contributed by atoms with Gasteiger partial charge in [0.2, 0.25) is 0 Å². The number of nitrogens with two attached hydrogens (primary N) is 1. The fourth-order valence-corrected chi connectivity index (χ4v) is 3.02. The zero-order valence-corrected chi connectivity index (χ0v) is 12.9. The van der Waals surface area contributed by atoms with Crippen LogP contribution in [-0.2, 0) is 13.0 Å². The minimum Gasteiger partial charge on any atom is -0.348 e. The summed E-state index contributed by atoms with van der Waals surface area (Å²) in [5.74, 6) is 0. The molecule has 1 aromatic rings. The van der Waals surface area contributed by atoms with E-state index in [1.807, 2.05) is 0 Å². The Balaban J connectivity index is 2.78. The van der Waals surface area contributed by atoms with Crippen molar-refractivity contribution in [2.75, 3.05) is 18.0 Å². The Bertz CT molecular complexity index is 306. The van der Waals surface area contributed by atoms with Crippen molar-refractivity contribution in [2.24, 2.45) is 5.73 Å². The highest BCUT2D eigenvalue weighted by Crippen LogP contribution is 2.27. The highest BCUT2D eigenvalue weighted by molar-refractivity contribution is 7.15. The SMILES string of the molecule is CCCCN(CCCC)c1nc(CC)c(CN)s1. The van der Waals surface area contributed by atoms with Crippen molar-refractivity contribution in [3.63, 3.8) is 0 Å². The first-order valence-electron chi connectivity index (χ1n) is 7.20. The van der Waals surface area contributed by atoms with Gasteiger partial charge >= 0.3 is 0 Å². The molecule has 104 valence electrons. The van der Waals surface area contributed by atoms with E-state index in [2.05, 4.69) is 25.7 Å². The van der Waals surface area contributed by atoms with E-state index in [9.17, 15) is 0 Å². The first-order valence-corrected chi connectivity index (χ1v) is 8.01. The zero-order chi connectivity index (χ0) is 13.4. The lowest BCUT2D eigenvalue weighted by Gasteiger charge is -2.21. The smallest absolute Gasteiger partial charge is 0.185 e. The second kappa shape index (κ2) is 8.48. The predicted octanol–water partition coefficient (Wildman–Crippen LogP) is 3.57. The minimum atomic E-state index is 0.621. The van der Waals surface area contributed by atoms with Crippen LogP contribution in [-0.4, -0.2) is 18.1 Å². The molecule has 1 rings (SSSR count). The molecule has 0 aliphatic heterocycles. The molecule has 0 fully saturated rings. The van der Waals surface area contributed by atoms with Gasteiger partial charge in [-0.05, 0) is 19.3 Å². The molecule has 1 aromatic heterocycles. The molecule has 2 N–H and O–H groups in total. The van der Waals surface area contributed by atoms with Gasteiger partial charge < -0.3 is 10.6 Å². The van der Waals surface area contributed by atoms with E-state index in [-0.39, 0.29) is 0 Å². The first-order chi connectivity index (χ1) is 8.76. The summed E-state index contributed by atoms with van der Waals surface area (Å²) >= 11 is 1.78. The molecule has 0 aliphatic carbocycles. The second-order valence-electron chi connectivity index (χ2n) is 4.62. The maximum atomic E-state index is 5.79. The molecular weight excluding hydrogens is 242 g/mol. The lowest BCUT2D eigenvalue weighted by Crippen LogP contribution is -2.25. The van der Waals surface area contributed by atoms with Gasteiger partial charge in [0.25, 0.3) is 0 Å². The lowest BCUT2D eigenvalue weighted by atomic mass is 10.3. The van der Waals surface area contributed by atoms with Crippen LogP contribution in [0.3, 0.4) is 0 Å². The molecular formula is C14H27N3S.